The standard InChI is InChI=1S/C16H21BrN2O2/c17-13-8-15-14(20-11-21-15)7-12(13)9-19-6-3-16(10-19)1-4-18-5-2-16/h7-8,18H,1-6,9-11H2. The van der Waals surface area contributed by atoms with Gasteiger partial charge in [0, 0.05) is 17.6 Å². The molecule has 4 rings (SSSR count). The molecule has 1 spiro atoms. The summed E-state index contributed by atoms with van der Waals surface area (Å²) in [5.74, 6) is 1.73. The minimum atomic E-state index is 0.338. The van der Waals surface area contributed by atoms with Crippen molar-refractivity contribution < 1.29 is 9.47 Å². The Hall–Kier alpha value is -0.780. The van der Waals surface area contributed by atoms with Gasteiger partial charge in [0.15, 0.2) is 11.5 Å². The van der Waals surface area contributed by atoms with Crippen molar-refractivity contribution >= 4 is 15.9 Å². The van der Waals surface area contributed by atoms with Crippen LogP contribution < -0.4 is 14.8 Å². The highest BCUT2D eigenvalue weighted by Crippen LogP contribution is 2.41. The fraction of sp³-hybridized carbons (Fsp3) is 0.625. The highest BCUT2D eigenvalue weighted by molar-refractivity contribution is 9.10. The van der Waals surface area contributed by atoms with Crippen LogP contribution in [0.2, 0.25) is 0 Å². The molecule has 0 bridgehead atoms. The Labute approximate surface area is 133 Å². The van der Waals surface area contributed by atoms with E-state index in [1.165, 1.54) is 51.0 Å². The molecule has 21 heavy (non-hydrogen) atoms. The minimum Gasteiger partial charge on any atom is -0.454 e. The molecule has 3 aliphatic rings. The maximum atomic E-state index is 5.50. The fourth-order valence-corrected chi connectivity index (χ4v) is 4.30. The highest BCUT2D eigenvalue weighted by atomic mass is 79.9. The Morgan fingerprint density at radius 3 is 2.71 bits per heavy atom. The monoisotopic (exact) mass is 352 g/mol. The second-order valence-electron chi connectivity index (χ2n) is 6.51. The van der Waals surface area contributed by atoms with Gasteiger partial charge < -0.3 is 14.8 Å². The zero-order chi connectivity index (χ0) is 14.3. The van der Waals surface area contributed by atoms with E-state index in [-0.39, 0.29) is 0 Å². The maximum absolute atomic E-state index is 5.50. The summed E-state index contributed by atoms with van der Waals surface area (Å²) >= 11 is 3.67. The summed E-state index contributed by atoms with van der Waals surface area (Å²) in [5.41, 5.74) is 1.86. The number of fused-ring (bicyclic) bond motifs is 1. The third-order valence-electron chi connectivity index (χ3n) is 5.12. The molecule has 0 aliphatic carbocycles. The smallest absolute Gasteiger partial charge is 0.231 e. The quantitative estimate of drug-likeness (QED) is 0.887. The summed E-state index contributed by atoms with van der Waals surface area (Å²) in [5, 5.41) is 3.48. The van der Waals surface area contributed by atoms with Crippen LogP contribution in [0, 0.1) is 5.41 Å². The molecule has 3 heterocycles. The fourth-order valence-electron chi connectivity index (χ4n) is 3.85. The van der Waals surface area contributed by atoms with Gasteiger partial charge in [0.1, 0.15) is 0 Å². The lowest BCUT2D eigenvalue weighted by Crippen LogP contribution is -2.38. The van der Waals surface area contributed by atoms with Crippen LogP contribution in [0.15, 0.2) is 16.6 Å². The maximum Gasteiger partial charge on any atom is 0.231 e. The first-order valence-corrected chi connectivity index (χ1v) is 8.55. The Morgan fingerprint density at radius 2 is 1.90 bits per heavy atom. The number of hydrogen-bond donors (Lipinski definition) is 1. The molecule has 1 aromatic carbocycles. The van der Waals surface area contributed by atoms with Crippen molar-refractivity contribution in [3.63, 3.8) is 0 Å². The van der Waals surface area contributed by atoms with Crippen LogP contribution in [0.1, 0.15) is 24.8 Å². The summed E-state index contributed by atoms with van der Waals surface area (Å²) in [6.45, 7) is 6.14. The van der Waals surface area contributed by atoms with Crippen molar-refractivity contribution in [3.8, 4) is 11.5 Å². The predicted octanol–water partition coefficient (Wildman–Crippen LogP) is 2.75. The van der Waals surface area contributed by atoms with Crippen molar-refractivity contribution in [1.29, 1.82) is 0 Å². The van der Waals surface area contributed by atoms with Gasteiger partial charge in [-0.3, -0.25) is 4.90 Å². The van der Waals surface area contributed by atoms with Gasteiger partial charge in [0.05, 0.1) is 0 Å². The van der Waals surface area contributed by atoms with Crippen LogP contribution in [0.4, 0.5) is 0 Å². The summed E-state index contributed by atoms with van der Waals surface area (Å²) in [6.07, 6.45) is 3.99. The number of nitrogens with zero attached hydrogens (tertiary/aromatic N) is 1. The molecule has 2 saturated heterocycles. The number of benzene rings is 1. The number of nitrogens with one attached hydrogen (secondary N) is 1. The molecular formula is C16H21BrN2O2. The van der Waals surface area contributed by atoms with Gasteiger partial charge in [-0.15, -0.1) is 0 Å². The van der Waals surface area contributed by atoms with Gasteiger partial charge in [0.25, 0.3) is 0 Å². The predicted molar refractivity (Wildman–Crippen MR) is 84.7 cm³/mol. The summed E-state index contributed by atoms with van der Waals surface area (Å²) in [7, 11) is 0. The summed E-state index contributed by atoms with van der Waals surface area (Å²) < 4.78 is 12.0. The molecule has 0 unspecified atom stereocenters. The van der Waals surface area contributed by atoms with E-state index in [1.54, 1.807) is 0 Å². The first-order chi connectivity index (χ1) is 10.2. The molecule has 0 atom stereocenters. The van der Waals surface area contributed by atoms with Crippen molar-refractivity contribution in [2.75, 3.05) is 33.0 Å². The number of piperidine rings is 1. The van der Waals surface area contributed by atoms with Gasteiger partial charge in [-0.25, -0.2) is 0 Å². The van der Waals surface area contributed by atoms with E-state index in [0.29, 0.717) is 12.2 Å². The van der Waals surface area contributed by atoms with E-state index in [9.17, 15) is 0 Å². The second kappa shape index (κ2) is 5.45. The Balaban J connectivity index is 1.47. The first kappa shape index (κ1) is 13.9. The van der Waals surface area contributed by atoms with Gasteiger partial charge in [0.2, 0.25) is 6.79 Å². The number of rotatable bonds is 2. The van der Waals surface area contributed by atoms with E-state index in [1.807, 2.05) is 6.07 Å². The van der Waals surface area contributed by atoms with E-state index in [2.05, 4.69) is 32.2 Å². The molecule has 0 radical (unpaired) electrons. The molecule has 5 heteroatoms. The van der Waals surface area contributed by atoms with E-state index in [0.717, 1.165) is 22.5 Å². The second-order valence-corrected chi connectivity index (χ2v) is 7.36. The number of halogens is 1. The van der Waals surface area contributed by atoms with Crippen molar-refractivity contribution in [2.24, 2.45) is 5.41 Å². The molecule has 114 valence electrons. The van der Waals surface area contributed by atoms with Crippen LogP contribution in [-0.2, 0) is 6.54 Å². The van der Waals surface area contributed by atoms with E-state index < -0.39 is 0 Å². The molecule has 1 N–H and O–H groups in total. The third kappa shape index (κ3) is 2.67. The molecular weight excluding hydrogens is 332 g/mol. The lowest BCUT2D eigenvalue weighted by atomic mass is 9.78. The van der Waals surface area contributed by atoms with Gasteiger partial charge in [-0.1, -0.05) is 15.9 Å². The van der Waals surface area contributed by atoms with Crippen LogP contribution in [0.25, 0.3) is 0 Å². The van der Waals surface area contributed by atoms with Crippen molar-refractivity contribution in [2.45, 2.75) is 25.8 Å². The SMILES string of the molecule is Brc1cc2c(cc1CN1CCC3(CCNCC3)C1)OCO2. The van der Waals surface area contributed by atoms with Crippen molar-refractivity contribution in [3.05, 3.63) is 22.2 Å². The van der Waals surface area contributed by atoms with E-state index in [4.69, 9.17) is 9.47 Å². The van der Waals surface area contributed by atoms with Crippen LogP contribution in [0.5, 0.6) is 11.5 Å². The average molecular weight is 353 g/mol. The van der Waals surface area contributed by atoms with Crippen LogP contribution in [0.3, 0.4) is 0 Å². The van der Waals surface area contributed by atoms with Gasteiger partial charge in [-0.05, 0) is 62.0 Å². The Kier molecular flexibility index (Phi) is 3.59. The number of ether oxygens (including phenoxy) is 2. The minimum absolute atomic E-state index is 0.338. The normalized spacial score (nSPS) is 23.9. The molecule has 0 saturated carbocycles. The lowest BCUT2D eigenvalue weighted by Gasteiger charge is -2.34. The van der Waals surface area contributed by atoms with Gasteiger partial charge >= 0.3 is 0 Å². The summed E-state index contributed by atoms with van der Waals surface area (Å²) in [6, 6.07) is 4.16. The average Bonchev–Trinajstić information content (AvgIpc) is 3.08. The molecule has 1 aromatic rings. The molecule has 2 fully saturated rings. The lowest BCUT2D eigenvalue weighted by molar-refractivity contribution is 0.174. The number of hydrogen-bond acceptors (Lipinski definition) is 4. The van der Waals surface area contributed by atoms with Crippen LogP contribution in [-0.4, -0.2) is 37.9 Å². The van der Waals surface area contributed by atoms with Crippen molar-refractivity contribution in [1.82, 2.24) is 10.2 Å². The Bertz CT molecular complexity index is 543. The zero-order valence-electron chi connectivity index (χ0n) is 12.2. The zero-order valence-corrected chi connectivity index (χ0v) is 13.7. The Morgan fingerprint density at radius 1 is 1.14 bits per heavy atom. The molecule has 4 nitrogen and oxygen atoms in total. The van der Waals surface area contributed by atoms with E-state index >= 15 is 0 Å². The summed E-state index contributed by atoms with van der Waals surface area (Å²) in [4.78, 5) is 2.59. The third-order valence-corrected chi connectivity index (χ3v) is 5.86. The molecule has 3 aliphatic heterocycles. The van der Waals surface area contributed by atoms with Gasteiger partial charge in [-0.2, -0.15) is 0 Å². The number of likely N-dealkylation sites (tertiary alicyclic amines) is 1. The molecule has 0 amide bonds. The topological polar surface area (TPSA) is 33.7 Å². The highest BCUT2D eigenvalue weighted by Gasteiger charge is 2.38. The largest absolute Gasteiger partial charge is 0.454 e. The molecule has 0 aromatic heterocycles. The first-order valence-electron chi connectivity index (χ1n) is 7.75. The van der Waals surface area contributed by atoms with Crippen LogP contribution >= 0.6 is 15.9 Å².